The Balaban J connectivity index is 1.37. The first-order chi connectivity index (χ1) is 16.4. The van der Waals surface area contributed by atoms with Gasteiger partial charge in [0.15, 0.2) is 0 Å². The molecule has 2 heterocycles. The van der Waals surface area contributed by atoms with E-state index in [1.807, 2.05) is 41.2 Å². The number of amides is 1. The maximum absolute atomic E-state index is 13.2. The van der Waals surface area contributed by atoms with Crippen molar-refractivity contribution in [1.82, 2.24) is 19.0 Å². The zero-order valence-electron chi connectivity index (χ0n) is 19.5. The molecule has 0 aliphatic carbocycles. The summed E-state index contributed by atoms with van der Waals surface area (Å²) in [6.07, 6.45) is 5.03. The number of hydrogen-bond acceptors (Lipinski definition) is 5. The average Bonchev–Trinajstić information content (AvgIpc) is 3.30. The Morgan fingerprint density at radius 3 is 2.56 bits per heavy atom. The van der Waals surface area contributed by atoms with E-state index in [1.54, 1.807) is 42.4 Å². The smallest absolute Gasteiger partial charge is 0.243 e. The van der Waals surface area contributed by atoms with E-state index in [2.05, 4.69) is 5.10 Å². The normalized spacial score (nSPS) is 16.8. The lowest BCUT2D eigenvalue weighted by atomic mass is 9.98. The van der Waals surface area contributed by atoms with Crippen LogP contribution in [0.2, 0.25) is 0 Å². The van der Waals surface area contributed by atoms with E-state index < -0.39 is 10.0 Å². The highest BCUT2D eigenvalue weighted by Crippen LogP contribution is 2.26. The second-order valence-corrected chi connectivity index (χ2v) is 10.5. The molecule has 34 heavy (non-hydrogen) atoms. The number of ether oxygens (including phenoxy) is 1. The van der Waals surface area contributed by atoms with E-state index in [4.69, 9.17) is 4.74 Å². The van der Waals surface area contributed by atoms with Gasteiger partial charge in [-0.1, -0.05) is 30.3 Å². The molecule has 1 fully saturated rings. The molecule has 1 aliphatic heterocycles. The number of carbonyl (C=O) groups excluding carboxylic acids is 1. The zero-order chi connectivity index (χ0) is 24.1. The average molecular weight is 483 g/mol. The molecule has 9 heteroatoms. The second-order valence-electron chi connectivity index (χ2n) is 8.60. The SMILES string of the molecule is COc1ccc(S(=O)(=O)N2CCC[C@@H](C(=O)N(C)Cc3cnn(Cc4ccccc4)c3)C2)cc1. The van der Waals surface area contributed by atoms with Gasteiger partial charge in [-0.25, -0.2) is 8.42 Å². The Kier molecular flexibility index (Phi) is 7.33. The Hall–Kier alpha value is -3.17. The van der Waals surface area contributed by atoms with Crippen molar-refractivity contribution in [2.75, 3.05) is 27.2 Å². The molecule has 4 rings (SSSR count). The van der Waals surface area contributed by atoms with Crippen LogP contribution in [0.3, 0.4) is 0 Å². The first-order valence-electron chi connectivity index (χ1n) is 11.3. The second kappa shape index (κ2) is 10.4. The van der Waals surface area contributed by atoms with Crippen molar-refractivity contribution < 1.29 is 17.9 Å². The number of methoxy groups -OCH3 is 1. The van der Waals surface area contributed by atoms with Gasteiger partial charge in [-0.05, 0) is 42.7 Å². The third kappa shape index (κ3) is 5.48. The third-order valence-electron chi connectivity index (χ3n) is 6.10. The summed E-state index contributed by atoms with van der Waals surface area (Å²) < 4.78 is 34.6. The highest BCUT2D eigenvalue weighted by molar-refractivity contribution is 7.89. The topological polar surface area (TPSA) is 84.7 Å². The summed E-state index contributed by atoms with van der Waals surface area (Å²) in [4.78, 5) is 15.0. The number of nitrogens with zero attached hydrogens (tertiary/aromatic N) is 4. The predicted molar refractivity (Wildman–Crippen MR) is 129 cm³/mol. The number of carbonyl (C=O) groups is 1. The minimum absolute atomic E-state index is 0.0505. The summed E-state index contributed by atoms with van der Waals surface area (Å²) in [5.41, 5.74) is 2.09. The van der Waals surface area contributed by atoms with E-state index in [-0.39, 0.29) is 23.3 Å². The van der Waals surface area contributed by atoms with Crippen molar-refractivity contribution in [3.05, 3.63) is 78.1 Å². The number of aromatic nitrogens is 2. The van der Waals surface area contributed by atoms with E-state index in [9.17, 15) is 13.2 Å². The quantitative estimate of drug-likeness (QED) is 0.493. The Morgan fingerprint density at radius 1 is 1.12 bits per heavy atom. The van der Waals surface area contributed by atoms with Crippen LogP contribution in [0.15, 0.2) is 71.9 Å². The standard InChI is InChI=1S/C25H30N4O4S/c1-27(16-21-15-26-28(18-21)17-20-7-4-3-5-8-20)25(30)22-9-6-14-29(19-22)34(31,32)24-12-10-23(33-2)11-13-24/h3-5,7-8,10-13,15,18,22H,6,9,14,16-17,19H2,1-2H3/t22-/m1/s1. The maximum Gasteiger partial charge on any atom is 0.243 e. The van der Waals surface area contributed by atoms with Crippen LogP contribution in [0.5, 0.6) is 5.75 Å². The van der Waals surface area contributed by atoms with Gasteiger partial charge in [0.2, 0.25) is 15.9 Å². The number of sulfonamides is 1. The summed E-state index contributed by atoms with van der Waals surface area (Å²) in [6.45, 7) is 1.69. The van der Waals surface area contributed by atoms with Gasteiger partial charge in [0.1, 0.15) is 5.75 Å². The first kappa shape index (κ1) is 24.0. The van der Waals surface area contributed by atoms with E-state index in [0.717, 1.165) is 11.1 Å². The fourth-order valence-electron chi connectivity index (χ4n) is 4.27. The number of hydrogen-bond donors (Lipinski definition) is 0. The molecular formula is C25H30N4O4S. The zero-order valence-corrected chi connectivity index (χ0v) is 20.3. The summed E-state index contributed by atoms with van der Waals surface area (Å²) in [5.74, 6) is 0.177. The van der Waals surface area contributed by atoms with Gasteiger partial charge >= 0.3 is 0 Å². The molecule has 0 radical (unpaired) electrons. The molecule has 0 bridgehead atoms. The highest BCUT2D eigenvalue weighted by atomic mass is 32.2. The molecule has 1 aromatic heterocycles. The van der Waals surface area contributed by atoms with Crippen LogP contribution in [0.25, 0.3) is 0 Å². The fraction of sp³-hybridized carbons (Fsp3) is 0.360. The molecule has 0 saturated carbocycles. The van der Waals surface area contributed by atoms with Crippen LogP contribution in [0.1, 0.15) is 24.0 Å². The van der Waals surface area contributed by atoms with Gasteiger partial charge < -0.3 is 9.64 Å². The molecule has 3 aromatic rings. The van der Waals surface area contributed by atoms with Gasteiger partial charge in [0.05, 0.1) is 30.7 Å². The molecule has 0 spiro atoms. The van der Waals surface area contributed by atoms with Crippen LogP contribution in [0.4, 0.5) is 0 Å². The van der Waals surface area contributed by atoms with Crippen molar-refractivity contribution in [2.24, 2.45) is 5.92 Å². The van der Waals surface area contributed by atoms with Crippen LogP contribution >= 0.6 is 0 Å². The van der Waals surface area contributed by atoms with Crippen LogP contribution < -0.4 is 4.74 Å². The first-order valence-corrected chi connectivity index (χ1v) is 12.8. The van der Waals surface area contributed by atoms with E-state index in [0.29, 0.717) is 38.2 Å². The van der Waals surface area contributed by atoms with Gasteiger partial charge in [0, 0.05) is 38.4 Å². The summed E-state index contributed by atoms with van der Waals surface area (Å²) in [5, 5.41) is 4.41. The van der Waals surface area contributed by atoms with Gasteiger partial charge in [0.25, 0.3) is 0 Å². The Labute approximate surface area is 200 Å². The Bertz CT molecular complexity index is 1210. The van der Waals surface area contributed by atoms with Crippen molar-refractivity contribution >= 4 is 15.9 Å². The molecule has 0 unspecified atom stereocenters. The molecule has 0 N–H and O–H groups in total. The van der Waals surface area contributed by atoms with Crippen molar-refractivity contribution in [1.29, 1.82) is 0 Å². The summed E-state index contributed by atoms with van der Waals surface area (Å²) >= 11 is 0. The van der Waals surface area contributed by atoms with E-state index in [1.165, 1.54) is 11.4 Å². The van der Waals surface area contributed by atoms with Crippen LogP contribution in [0, 0.1) is 5.92 Å². The van der Waals surface area contributed by atoms with Crippen molar-refractivity contribution in [3.63, 3.8) is 0 Å². The molecule has 2 aromatic carbocycles. The monoisotopic (exact) mass is 482 g/mol. The fourth-order valence-corrected chi connectivity index (χ4v) is 5.79. The highest BCUT2D eigenvalue weighted by Gasteiger charge is 2.34. The van der Waals surface area contributed by atoms with Gasteiger partial charge in [-0.15, -0.1) is 0 Å². The molecule has 180 valence electrons. The molecule has 1 atom stereocenters. The molecule has 1 amide bonds. The lowest BCUT2D eigenvalue weighted by Crippen LogP contribution is -2.45. The summed E-state index contributed by atoms with van der Waals surface area (Å²) in [6, 6.07) is 16.4. The lowest BCUT2D eigenvalue weighted by molar-refractivity contribution is -0.135. The molecule has 8 nitrogen and oxygen atoms in total. The minimum atomic E-state index is -3.67. The van der Waals surface area contributed by atoms with Crippen LogP contribution in [-0.2, 0) is 27.9 Å². The Morgan fingerprint density at radius 2 is 1.85 bits per heavy atom. The maximum atomic E-state index is 13.2. The van der Waals surface area contributed by atoms with Crippen molar-refractivity contribution in [3.8, 4) is 5.75 Å². The van der Waals surface area contributed by atoms with E-state index >= 15 is 0 Å². The summed E-state index contributed by atoms with van der Waals surface area (Å²) in [7, 11) is -0.376. The number of benzene rings is 2. The van der Waals surface area contributed by atoms with Crippen LogP contribution in [-0.4, -0.2) is 60.6 Å². The lowest BCUT2D eigenvalue weighted by Gasteiger charge is -2.33. The molecule has 1 aliphatic rings. The molecular weight excluding hydrogens is 452 g/mol. The minimum Gasteiger partial charge on any atom is -0.497 e. The number of piperidine rings is 1. The largest absolute Gasteiger partial charge is 0.497 e. The molecule has 1 saturated heterocycles. The van der Waals surface area contributed by atoms with Gasteiger partial charge in [-0.2, -0.15) is 9.40 Å². The third-order valence-corrected chi connectivity index (χ3v) is 7.98. The van der Waals surface area contributed by atoms with Crippen molar-refractivity contribution in [2.45, 2.75) is 30.8 Å². The number of rotatable bonds is 8. The predicted octanol–water partition coefficient (Wildman–Crippen LogP) is 3.00. The van der Waals surface area contributed by atoms with Gasteiger partial charge in [-0.3, -0.25) is 9.48 Å².